The van der Waals surface area contributed by atoms with Crippen LogP contribution in [0.4, 0.5) is 11.4 Å². The molecule has 1 heterocycles. The van der Waals surface area contributed by atoms with E-state index in [1.54, 1.807) is 12.3 Å². The molecular weight excluding hydrogens is 236 g/mol. The summed E-state index contributed by atoms with van der Waals surface area (Å²) in [4.78, 5) is 6.24. The lowest BCUT2D eigenvalue weighted by molar-refractivity contribution is 1.15. The van der Waals surface area contributed by atoms with Crippen molar-refractivity contribution in [3.63, 3.8) is 0 Å². The molecule has 0 aliphatic carbocycles. The smallest absolute Gasteiger partial charge is 0.141 e. The molecule has 0 fully saturated rings. The van der Waals surface area contributed by atoms with Crippen molar-refractivity contribution in [2.45, 2.75) is 13.8 Å². The highest BCUT2D eigenvalue weighted by molar-refractivity contribution is 5.93. The minimum atomic E-state index is -0.0133. The third kappa shape index (κ3) is 2.91. The van der Waals surface area contributed by atoms with Crippen molar-refractivity contribution in [1.29, 1.82) is 5.41 Å². The van der Waals surface area contributed by atoms with Crippen molar-refractivity contribution in [1.82, 2.24) is 4.98 Å². The van der Waals surface area contributed by atoms with Gasteiger partial charge in [-0.25, -0.2) is 0 Å². The van der Waals surface area contributed by atoms with Gasteiger partial charge < -0.3 is 10.6 Å². The molecule has 0 saturated heterocycles. The highest BCUT2D eigenvalue weighted by atomic mass is 15.1. The van der Waals surface area contributed by atoms with Gasteiger partial charge in [-0.2, -0.15) is 0 Å². The van der Waals surface area contributed by atoms with Crippen LogP contribution in [0.2, 0.25) is 0 Å². The first-order chi connectivity index (χ1) is 8.97. The molecule has 98 valence electrons. The number of benzene rings is 1. The van der Waals surface area contributed by atoms with Crippen LogP contribution in [0.1, 0.15) is 16.8 Å². The van der Waals surface area contributed by atoms with Crippen LogP contribution < -0.4 is 10.6 Å². The van der Waals surface area contributed by atoms with E-state index in [-0.39, 0.29) is 5.84 Å². The number of hydrogen-bond acceptors (Lipinski definition) is 3. The number of hydrogen-bond donors (Lipinski definition) is 2. The van der Waals surface area contributed by atoms with Gasteiger partial charge in [0.15, 0.2) is 0 Å². The number of anilines is 2. The van der Waals surface area contributed by atoms with E-state index >= 15 is 0 Å². The van der Waals surface area contributed by atoms with Crippen molar-refractivity contribution in [3.8, 4) is 0 Å². The number of aryl methyl sites for hydroxylation is 2. The van der Waals surface area contributed by atoms with Gasteiger partial charge in [0, 0.05) is 12.7 Å². The van der Waals surface area contributed by atoms with Gasteiger partial charge in [0.05, 0.1) is 11.9 Å². The van der Waals surface area contributed by atoms with Crippen LogP contribution in [0.15, 0.2) is 36.5 Å². The van der Waals surface area contributed by atoms with E-state index in [0.717, 1.165) is 11.4 Å². The highest BCUT2D eigenvalue weighted by Gasteiger charge is 2.06. The lowest BCUT2D eigenvalue weighted by atomic mass is 10.1. The number of nitrogens with two attached hydrogens (primary N) is 1. The first-order valence-electron chi connectivity index (χ1n) is 6.10. The van der Waals surface area contributed by atoms with Crippen LogP contribution in [0.3, 0.4) is 0 Å². The Balaban J connectivity index is 2.32. The average Bonchev–Trinajstić information content (AvgIpc) is 2.37. The maximum Gasteiger partial charge on any atom is 0.141 e. The van der Waals surface area contributed by atoms with E-state index in [1.165, 1.54) is 11.1 Å². The van der Waals surface area contributed by atoms with Crippen molar-refractivity contribution >= 4 is 17.2 Å². The van der Waals surface area contributed by atoms with Crippen molar-refractivity contribution in [2.75, 3.05) is 11.9 Å². The fourth-order valence-electron chi connectivity index (χ4n) is 2.04. The Labute approximate surface area is 113 Å². The number of pyridine rings is 1. The van der Waals surface area contributed by atoms with Gasteiger partial charge in [-0.3, -0.25) is 10.4 Å². The molecule has 4 nitrogen and oxygen atoms in total. The van der Waals surface area contributed by atoms with Gasteiger partial charge in [-0.1, -0.05) is 6.07 Å². The topological polar surface area (TPSA) is 66.0 Å². The number of amidine groups is 1. The number of nitrogen functional groups attached to an aromatic ring is 1. The molecule has 1 aromatic carbocycles. The predicted molar refractivity (Wildman–Crippen MR) is 79.2 cm³/mol. The summed E-state index contributed by atoms with van der Waals surface area (Å²) in [5.74, 6) is -0.0133. The fraction of sp³-hybridized carbons (Fsp3) is 0.200. The minimum Gasteiger partial charge on any atom is -0.382 e. The second-order valence-electron chi connectivity index (χ2n) is 4.72. The lowest BCUT2D eigenvalue weighted by Crippen LogP contribution is -2.14. The summed E-state index contributed by atoms with van der Waals surface area (Å²) in [5.41, 5.74) is 10.4. The van der Waals surface area contributed by atoms with E-state index in [4.69, 9.17) is 11.1 Å². The molecule has 4 heteroatoms. The second kappa shape index (κ2) is 5.10. The second-order valence-corrected chi connectivity index (χ2v) is 4.72. The van der Waals surface area contributed by atoms with Crippen LogP contribution in [0, 0.1) is 19.3 Å². The van der Waals surface area contributed by atoms with E-state index in [2.05, 4.69) is 41.9 Å². The summed E-state index contributed by atoms with van der Waals surface area (Å²) >= 11 is 0. The van der Waals surface area contributed by atoms with E-state index in [9.17, 15) is 0 Å². The highest BCUT2D eigenvalue weighted by Crippen LogP contribution is 2.24. The summed E-state index contributed by atoms with van der Waals surface area (Å²) < 4.78 is 0. The summed E-state index contributed by atoms with van der Waals surface area (Å²) in [5, 5.41) is 7.34. The quantitative estimate of drug-likeness (QED) is 0.654. The van der Waals surface area contributed by atoms with Gasteiger partial charge >= 0.3 is 0 Å². The van der Waals surface area contributed by atoms with Crippen LogP contribution in [0.5, 0.6) is 0 Å². The van der Waals surface area contributed by atoms with Crippen molar-refractivity contribution in [3.05, 3.63) is 53.3 Å². The largest absolute Gasteiger partial charge is 0.382 e. The van der Waals surface area contributed by atoms with Gasteiger partial charge in [0.25, 0.3) is 0 Å². The maximum atomic E-state index is 7.34. The molecule has 0 bridgehead atoms. The summed E-state index contributed by atoms with van der Waals surface area (Å²) in [6, 6.07) is 10.1. The predicted octanol–water partition coefficient (Wildman–Crippen LogP) is 2.75. The summed E-state index contributed by atoms with van der Waals surface area (Å²) in [6.45, 7) is 4.17. The van der Waals surface area contributed by atoms with Gasteiger partial charge in [-0.15, -0.1) is 0 Å². The summed E-state index contributed by atoms with van der Waals surface area (Å²) in [7, 11) is 2.00. The van der Waals surface area contributed by atoms with Crippen molar-refractivity contribution < 1.29 is 0 Å². The standard InChI is InChI=1S/C15H18N4/c1-10-6-11(2)8-13(7-10)19(3)12-4-5-14(15(16)17)18-9-12/h4-9H,1-3H3,(H3,16,17). The first kappa shape index (κ1) is 13.1. The van der Waals surface area contributed by atoms with E-state index in [1.807, 2.05) is 13.1 Å². The number of nitrogens with zero attached hydrogens (tertiary/aromatic N) is 2. The molecule has 0 saturated carbocycles. The summed E-state index contributed by atoms with van der Waals surface area (Å²) in [6.07, 6.45) is 1.73. The molecule has 0 aliphatic heterocycles. The molecule has 3 N–H and O–H groups in total. The molecule has 0 radical (unpaired) electrons. The van der Waals surface area contributed by atoms with Crippen LogP contribution in [-0.2, 0) is 0 Å². The molecular formula is C15H18N4. The number of nitrogens with one attached hydrogen (secondary N) is 1. The van der Waals surface area contributed by atoms with Crippen LogP contribution >= 0.6 is 0 Å². The zero-order valence-electron chi connectivity index (χ0n) is 11.4. The Morgan fingerprint density at radius 1 is 1.11 bits per heavy atom. The SMILES string of the molecule is Cc1cc(C)cc(N(C)c2ccc(C(=N)N)nc2)c1. The van der Waals surface area contributed by atoms with Gasteiger partial charge in [0.1, 0.15) is 11.5 Å². The van der Waals surface area contributed by atoms with Crippen LogP contribution in [0.25, 0.3) is 0 Å². The van der Waals surface area contributed by atoms with Crippen molar-refractivity contribution in [2.24, 2.45) is 5.73 Å². The Morgan fingerprint density at radius 3 is 2.21 bits per heavy atom. The van der Waals surface area contributed by atoms with Gasteiger partial charge in [0.2, 0.25) is 0 Å². The lowest BCUT2D eigenvalue weighted by Gasteiger charge is -2.20. The Morgan fingerprint density at radius 2 is 1.74 bits per heavy atom. The first-order valence-corrected chi connectivity index (χ1v) is 6.10. The Hall–Kier alpha value is -2.36. The van der Waals surface area contributed by atoms with E-state index < -0.39 is 0 Å². The molecule has 19 heavy (non-hydrogen) atoms. The Bertz CT molecular complexity index is 582. The monoisotopic (exact) mass is 254 g/mol. The average molecular weight is 254 g/mol. The molecule has 0 spiro atoms. The molecule has 0 unspecified atom stereocenters. The third-order valence-electron chi connectivity index (χ3n) is 3.00. The van der Waals surface area contributed by atoms with E-state index in [0.29, 0.717) is 5.69 Å². The zero-order valence-corrected chi connectivity index (χ0v) is 11.4. The fourth-order valence-corrected chi connectivity index (χ4v) is 2.04. The third-order valence-corrected chi connectivity index (χ3v) is 3.00. The molecule has 0 amide bonds. The van der Waals surface area contributed by atoms with Crippen LogP contribution in [-0.4, -0.2) is 17.9 Å². The zero-order chi connectivity index (χ0) is 14.0. The normalized spacial score (nSPS) is 10.3. The molecule has 2 aromatic rings. The van der Waals surface area contributed by atoms with Gasteiger partial charge in [-0.05, 0) is 49.2 Å². The Kier molecular flexibility index (Phi) is 3.51. The maximum absolute atomic E-state index is 7.34. The molecule has 0 aliphatic rings. The molecule has 1 aromatic heterocycles. The minimum absolute atomic E-state index is 0.0133. The number of rotatable bonds is 3. The number of aromatic nitrogens is 1. The molecule has 0 atom stereocenters. The molecule has 2 rings (SSSR count).